The Hall–Kier alpha value is -0.960. The van der Waals surface area contributed by atoms with Gasteiger partial charge in [0.05, 0.1) is 4.90 Å². The number of hydrogen-bond acceptors (Lipinski definition) is 1. The van der Waals surface area contributed by atoms with Crippen molar-refractivity contribution in [2.24, 2.45) is 16.2 Å². The first-order valence-electron chi connectivity index (χ1n) is 6.68. The van der Waals surface area contributed by atoms with Crippen LogP contribution in [0.15, 0.2) is 33.6 Å². The van der Waals surface area contributed by atoms with Crippen molar-refractivity contribution in [1.82, 2.24) is 0 Å². The molecule has 1 aromatic carbocycles. The Morgan fingerprint density at radius 1 is 1.17 bits per heavy atom. The number of benzene rings is 1. The SMILES string of the molecule is Cc1ccc(S(=O)N=CC2CCC(C)CC2)cc1. The van der Waals surface area contributed by atoms with E-state index in [4.69, 9.17) is 0 Å². The van der Waals surface area contributed by atoms with Crippen LogP contribution in [-0.2, 0) is 11.0 Å². The fourth-order valence-corrected chi connectivity index (χ4v) is 3.07. The molecule has 3 heteroatoms. The van der Waals surface area contributed by atoms with E-state index in [-0.39, 0.29) is 0 Å². The minimum atomic E-state index is -1.23. The van der Waals surface area contributed by atoms with Gasteiger partial charge in [-0.25, -0.2) is 4.21 Å². The fraction of sp³-hybridized carbons (Fsp3) is 0.533. The van der Waals surface area contributed by atoms with E-state index >= 15 is 0 Å². The zero-order valence-electron chi connectivity index (χ0n) is 11.1. The summed E-state index contributed by atoms with van der Waals surface area (Å²) in [6.07, 6.45) is 6.84. The zero-order chi connectivity index (χ0) is 13.0. The van der Waals surface area contributed by atoms with Gasteiger partial charge in [-0.3, -0.25) is 0 Å². The summed E-state index contributed by atoms with van der Waals surface area (Å²) >= 11 is 0. The Morgan fingerprint density at radius 2 is 1.78 bits per heavy atom. The molecule has 0 aromatic heterocycles. The molecule has 2 rings (SSSR count). The summed E-state index contributed by atoms with van der Waals surface area (Å²) in [6.45, 7) is 4.33. The van der Waals surface area contributed by atoms with E-state index in [1.54, 1.807) is 0 Å². The molecule has 0 aliphatic heterocycles. The third-order valence-corrected chi connectivity index (χ3v) is 4.64. The van der Waals surface area contributed by atoms with Crippen molar-refractivity contribution in [3.05, 3.63) is 29.8 Å². The molecule has 98 valence electrons. The van der Waals surface area contributed by atoms with E-state index < -0.39 is 11.0 Å². The van der Waals surface area contributed by atoms with Crippen LogP contribution in [0.4, 0.5) is 0 Å². The van der Waals surface area contributed by atoms with Gasteiger partial charge in [0.25, 0.3) is 0 Å². The molecule has 0 spiro atoms. The molecule has 0 saturated heterocycles. The van der Waals surface area contributed by atoms with Crippen LogP contribution >= 0.6 is 0 Å². The van der Waals surface area contributed by atoms with E-state index in [0.29, 0.717) is 5.92 Å². The second kappa shape index (κ2) is 6.28. The summed E-state index contributed by atoms with van der Waals surface area (Å²) < 4.78 is 16.2. The van der Waals surface area contributed by atoms with Gasteiger partial charge in [-0.05, 0) is 43.7 Å². The summed E-state index contributed by atoms with van der Waals surface area (Å²) in [5.74, 6) is 1.37. The predicted molar refractivity (Wildman–Crippen MR) is 77.2 cm³/mol. The van der Waals surface area contributed by atoms with Crippen LogP contribution in [0.1, 0.15) is 38.2 Å². The molecule has 0 N–H and O–H groups in total. The maximum absolute atomic E-state index is 12.0. The monoisotopic (exact) mass is 263 g/mol. The maximum Gasteiger partial charge on any atom is 0.172 e. The fourth-order valence-electron chi connectivity index (χ4n) is 2.29. The van der Waals surface area contributed by atoms with Crippen LogP contribution in [0.25, 0.3) is 0 Å². The first-order valence-corrected chi connectivity index (χ1v) is 7.78. The number of rotatable bonds is 3. The lowest BCUT2D eigenvalue weighted by Gasteiger charge is -2.22. The molecule has 0 bridgehead atoms. The number of aryl methyl sites for hydroxylation is 1. The van der Waals surface area contributed by atoms with Gasteiger partial charge in [0.2, 0.25) is 0 Å². The van der Waals surface area contributed by atoms with Crippen LogP contribution in [0.5, 0.6) is 0 Å². The third kappa shape index (κ3) is 3.77. The van der Waals surface area contributed by atoms with E-state index in [0.717, 1.165) is 10.8 Å². The topological polar surface area (TPSA) is 29.4 Å². The van der Waals surface area contributed by atoms with Crippen LogP contribution in [0.3, 0.4) is 0 Å². The second-order valence-corrected chi connectivity index (χ2v) is 6.52. The third-order valence-electron chi connectivity index (χ3n) is 3.65. The highest BCUT2D eigenvalue weighted by atomic mass is 32.2. The summed E-state index contributed by atoms with van der Waals surface area (Å²) in [7, 11) is -1.23. The maximum atomic E-state index is 12.0. The lowest BCUT2D eigenvalue weighted by atomic mass is 9.84. The minimum Gasteiger partial charge on any atom is -0.230 e. The highest BCUT2D eigenvalue weighted by Crippen LogP contribution is 2.27. The van der Waals surface area contributed by atoms with Gasteiger partial charge in [-0.2, -0.15) is 4.40 Å². The van der Waals surface area contributed by atoms with E-state index in [1.807, 2.05) is 37.4 Å². The van der Waals surface area contributed by atoms with Crippen molar-refractivity contribution in [1.29, 1.82) is 0 Å². The van der Waals surface area contributed by atoms with Crippen molar-refractivity contribution in [2.75, 3.05) is 0 Å². The van der Waals surface area contributed by atoms with Gasteiger partial charge < -0.3 is 0 Å². The summed E-state index contributed by atoms with van der Waals surface area (Å²) in [6, 6.07) is 7.74. The largest absolute Gasteiger partial charge is 0.230 e. The molecule has 0 amide bonds. The van der Waals surface area contributed by atoms with Crippen LogP contribution in [0, 0.1) is 18.8 Å². The molecule has 1 saturated carbocycles. The Balaban J connectivity index is 1.92. The van der Waals surface area contributed by atoms with E-state index in [9.17, 15) is 4.21 Å². The van der Waals surface area contributed by atoms with Gasteiger partial charge in [-0.15, -0.1) is 0 Å². The molecule has 0 radical (unpaired) electrons. The second-order valence-electron chi connectivity index (χ2n) is 5.34. The Bertz CT molecular complexity index is 430. The smallest absolute Gasteiger partial charge is 0.172 e. The van der Waals surface area contributed by atoms with Gasteiger partial charge in [0, 0.05) is 6.21 Å². The number of nitrogens with zero attached hydrogens (tertiary/aromatic N) is 1. The summed E-state index contributed by atoms with van der Waals surface area (Å²) in [5.41, 5.74) is 1.18. The van der Waals surface area contributed by atoms with Crippen molar-refractivity contribution < 1.29 is 4.21 Å². The molecule has 1 fully saturated rings. The summed E-state index contributed by atoms with van der Waals surface area (Å²) in [5, 5.41) is 0. The van der Waals surface area contributed by atoms with Gasteiger partial charge >= 0.3 is 0 Å². The Kier molecular flexibility index (Phi) is 4.70. The van der Waals surface area contributed by atoms with Crippen molar-refractivity contribution >= 4 is 17.2 Å². The molecule has 1 atom stereocenters. The molecule has 1 aliphatic carbocycles. The molecule has 1 unspecified atom stereocenters. The predicted octanol–water partition coefficient (Wildman–Crippen LogP) is 3.91. The first kappa shape index (κ1) is 13.5. The van der Waals surface area contributed by atoms with Crippen molar-refractivity contribution in [3.63, 3.8) is 0 Å². The van der Waals surface area contributed by atoms with Crippen molar-refractivity contribution in [3.8, 4) is 0 Å². The lowest BCUT2D eigenvalue weighted by molar-refractivity contribution is 0.347. The highest BCUT2D eigenvalue weighted by molar-refractivity contribution is 7.83. The number of hydrogen-bond donors (Lipinski definition) is 0. The van der Waals surface area contributed by atoms with Crippen molar-refractivity contribution in [2.45, 2.75) is 44.4 Å². The van der Waals surface area contributed by atoms with E-state index in [1.165, 1.54) is 31.2 Å². The molecular weight excluding hydrogens is 242 g/mol. The molecule has 18 heavy (non-hydrogen) atoms. The molecule has 1 aliphatic rings. The van der Waals surface area contributed by atoms with Crippen LogP contribution in [-0.4, -0.2) is 10.4 Å². The minimum absolute atomic E-state index is 0.524. The average molecular weight is 263 g/mol. The van der Waals surface area contributed by atoms with Gasteiger partial charge in [-0.1, -0.05) is 37.5 Å². The van der Waals surface area contributed by atoms with Crippen LogP contribution in [0.2, 0.25) is 0 Å². The summed E-state index contributed by atoms with van der Waals surface area (Å²) in [4.78, 5) is 0.793. The Labute approximate surface area is 112 Å². The molecule has 2 nitrogen and oxygen atoms in total. The molecular formula is C15H21NOS. The van der Waals surface area contributed by atoms with Gasteiger partial charge in [0.15, 0.2) is 11.0 Å². The van der Waals surface area contributed by atoms with Gasteiger partial charge in [0.1, 0.15) is 0 Å². The zero-order valence-corrected chi connectivity index (χ0v) is 12.0. The highest BCUT2D eigenvalue weighted by Gasteiger charge is 2.16. The average Bonchev–Trinajstić information content (AvgIpc) is 2.38. The van der Waals surface area contributed by atoms with Crippen LogP contribution < -0.4 is 0 Å². The molecule has 0 heterocycles. The normalized spacial score (nSPS) is 26.3. The standard InChI is InChI=1S/C15H21NOS/c1-12-3-7-14(8-4-12)11-16-18(17)15-9-5-13(2)6-10-15/h5-6,9-12,14H,3-4,7-8H2,1-2H3. The van der Waals surface area contributed by atoms with E-state index in [2.05, 4.69) is 11.3 Å². The first-order chi connectivity index (χ1) is 8.65. The lowest BCUT2D eigenvalue weighted by Crippen LogP contribution is -2.13. The quantitative estimate of drug-likeness (QED) is 0.760. The Morgan fingerprint density at radius 3 is 2.39 bits per heavy atom. The molecule has 1 aromatic rings.